The predicted octanol–water partition coefficient (Wildman–Crippen LogP) is 4.86. The summed E-state index contributed by atoms with van der Waals surface area (Å²) >= 11 is 1.56. The Balaban J connectivity index is 1.75. The lowest BCUT2D eigenvalue weighted by Crippen LogP contribution is -1.99. The number of nitrogens with zero attached hydrogens (tertiary/aromatic N) is 3. The molecule has 0 amide bonds. The second-order valence-corrected chi connectivity index (χ2v) is 6.89. The molecule has 2 heterocycles. The zero-order valence-corrected chi connectivity index (χ0v) is 14.8. The molecule has 5 nitrogen and oxygen atoms in total. The summed E-state index contributed by atoms with van der Waals surface area (Å²) in [4.78, 5) is 10.5. The summed E-state index contributed by atoms with van der Waals surface area (Å²) in [5.74, 6) is 1.50. The van der Waals surface area contributed by atoms with Crippen molar-refractivity contribution in [2.45, 2.75) is 23.9 Å². The van der Waals surface area contributed by atoms with Crippen LogP contribution in [0.25, 0.3) is 10.9 Å². The molecule has 0 aliphatic carbocycles. The van der Waals surface area contributed by atoms with Gasteiger partial charge in [0.05, 0.1) is 5.52 Å². The van der Waals surface area contributed by atoms with Crippen molar-refractivity contribution in [1.82, 2.24) is 20.2 Å². The number of benzene rings is 2. The number of fused-ring (bicyclic) bond motifs is 1. The number of aryl methyl sites for hydroxylation is 2. The maximum atomic E-state index is 4.72. The van der Waals surface area contributed by atoms with E-state index < -0.39 is 0 Å². The molecule has 0 aliphatic heterocycles. The number of nitrogens with one attached hydrogen (secondary N) is 2. The van der Waals surface area contributed by atoms with Crippen molar-refractivity contribution in [2.24, 2.45) is 0 Å². The quantitative estimate of drug-likeness (QED) is 0.516. The van der Waals surface area contributed by atoms with E-state index in [1.54, 1.807) is 11.8 Å². The van der Waals surface area contributed by atoms with Crippen molar-refractivity contribution in [3.63, 3.8) is 0 Å². The second kappa shape index (κ2) is 6.57. The molecule has 124 valence electrons. The maximum absolute atomic E-state index is 4.72. The third kappa shape index (κ3) is 3.49. The number of H-pyrrole nitrogens is 1. The van der Waals surface area contributed by atoms with Gasteiger partial charge in [0.2, 0.25) is 0 Å². The first-order valence-electron chi connectivity index (χ1n) is 7.98. The van der Waals surface area contributed by atoms with Gasteiger partial charge in [-0.05, 0) is 49.9 Å². The standard InChI is InChI=1S/C19H17N5S/c1-12-6-5-7-14(10-12)25-19-20-16-9-4-3-8-15(16)18(22-19)21-17-11-13(2)23-24-17/h3-11H,1-2H3,(H2,20,21,22,23,24). The van der Waals surface area contributed by atoms with Crippen LogP contribution >= 0.6 is 11.8 Å². The van der Waals surface area contributed by atoms with Crippen molar-refractivity contribution in [3.05, 3.63) is 65.9 Å². The van der Waals surface area contributed by atoms with Crippen LogP contribution in [-0.4, -0.2) is 20.2 Å². The highest BCUT2D eigenvalue weighted by Gasteiger charge is 2.10. The Hall–Kier alpha value is -2.86. The second-order valence-electron chi connectivity index (χ2n) is 5.85. The molecule has 0 saturated heterocycles. The number of para-hydroxylation sites is 1. The molecule has 4 rings (SSSR count). The largest absolute Gasteiger partial charge is 0.323 e. The van der Waals surface area contributed by atoms with E-state index in [-0.39, 0.29) is 0 Å². The number of aromatic amines is 1. The van der Waals surface area contributed by atoms with Crippen molar-refractivity contribution >= 4 is 34.3 Å². The monoisotopic (exact) mass is 347 g/mol. The molecule has 0 saturated carbocycles. The molecular formula is C19H17N5S. The minimum Gasteiger partial charge on any atom is -0.323 e. The molecule has 6 heteroatoms. The lowest BCUT2D eigenvalue weighted by molar-refractivity contribution is 1.00. The molecule has 4 aromatic rings. The fourth-order valence-electron chi connectivity index (χ4n) is 2.58. The number of hydrogen-bond donors (Lipinski definition) is 2. The average Bonchev–Trinajstić information content (AvgIpc) is 3.00. The van der Waals surface area contributed by atoms with E-state index >= 15 is 0 Å². The first kappa shape index (κ1) is 15.7. The van der Waals surface area contributed by atoms with E-state index in [0.29, 0.717) is 5.16 Å². The van der Waals surface area contributed by atoms with E-state index in [2.05, 4.69) is 40.6 Å². The molecule has 0 spiro atoms. The van der Waals surface area contributed by atoms with Crippen LogP contribution in [0.5, 0.6) is 0 Å². The lowest BCUT2D eigenvalue weighted by Gasteiger charge is -2.09. The summed E-state index contributed by atoms with van der Waals surface area (Å²) in [6.07, 6.45) is 0. The Labute approximate surface area is 149 Å². The number of rotatable bonds is 4. The predicted molar refractivity (Wildman–Crippen MR) is 101 cm³/mol. The Morgan fingerprint density at radius 3 is 2.64 bits per heavy atom. The molecule has 25 heavy (non-hydrogen) atoms. The van der Waals surface area contributed by atoms with E-state index in [1.807, 2.05) is 43.3 Å². The highest BCUT2D eigenvalue weighted by atomic mass is 32.2. The molecule has 2 aromatic carbocycles. The summed E-state index contributed by atoms with van der Waals surface area (Å²) in [7, 11) is 0. The summed E-state index contributed by atoms with van der Waals surface area (Å²) < 4.78 is 0. The van der Waals surface area contributed by atoms with Crippen LogP contribution in [0.2, 0.25) is 0 Å². The summed E-state index contributed by atoms with van der Waals surface area (Å²) in [6, 6.07) is 18.3. The van der Waals surface area contributed by atoms with Gasteiger partial charge in [0.15, 0.2) is 11.0 Å². The van der Waals surface area contributed by atoms with Crippen LogP contribution in [0, 0.1) is 13.8 Å². The van der Waals surface area contributed by atoms with Crippen LogP contribution in [-0.2, 0) is 0 Å². The summed E-state index contributed by atoms with van der Waals surface area (Å²) in [6.45, 7) is 4.05. The Morgan fingerprint density at radius 2 is 1.84 bits per heavy atom. The van der Waals surface area contributed by atoms with Crippen molar-refractivity contribution < 1.29 is 0 Å². The van der Waals surface area contributed by atoms with E-state index in [4.69, 9.17) is 9.97 Å². The van der Waals surface area contributed by atoms with Crippen molar-refractivity contribution in [2.75, 3.05) is 5.32 Å². The van der Waals surface area contributed by atoms with Crippen LogP contribution < -0.4 is 5.32 Å². The third-order valence-electron chi connectivity index (χ3n) is 3.73. The molecule has 0 fully saturated rings. The number of hydrogen-bond acceptors (Lipinski definition) is 5. The Morgan fingerprint density at radius 1 is 0.960 bits per heavy atom. The molecule has 0 bridgehead atoms. The van der Waals surface area contributed by atoms with Crippen LogP contribution in [0.4, 0.5) is 11.6 Å². The van der Waals surface area contributed by atoms with Gasteiger partial charge < -0.3 is 5.32 Å². The fourth-order valence-corrected chi connectivity index (χ4v) is 3.47. The van der Waals surface area contributed by atoms with Crippen molar-refractivity contribution in [3.8, 4) is 0 Å². The van der Waals surface area contributed by atoms with Gasteiger partial charge in [-0.15, -0.1) is 0 Å². The Kier molecular flexibility index (Phi) is 4.11. The average molecular weight is 347 g/mol. The van der Waals surface area contributed by atoms with Gasteiger partial charge >= 0.3 is 0 Å². The molecule has 2 N–H and O–H groups in total. The molecule has 2 aromatic heterocycles. The van der Waals surface area contributed by atoms with Crippen LogP contribution in [0.15, 0.2) is 64.6 Å². The lowest BCUT2D eigenvalue weighted by atomic mass is 10.2. The SMILES string of the molecule is Cc1cccc(Sc2nc(Nc3cc(C)[nH]n3)c3ccccc3n2)c1. The van der Waals surface area contributed by atoms with Gasteiger partial charge in [-0.3, -0.25) is 5.10 Å². The van der Waals surface area contributed by atoms with Gasteiger partial charge in [0.1, 0.15) is 5.82 Å². The zero-order chi connectivity index (χ0) is 17.2. The molecular weight excluding hydrogens is 330 g/mol. The number of anilines is 2. The highest BCUT2D eigenvalue weighted by molar-refractivity contribution is 7.99. The smallest absolute Gasteiger partial charge is 0.195 e. The van der Waals surface area contributed by atoms with E-state index in [0.717, 1.165) is 33.1 Å². The van der Waals surface area contributed by atoms with Gasteiger partial charge in [-0.25, -0.2) is 9.97 Å². The number of aromatic nitrogens is 4. The molecule has 0 atom stereocenters. The third-order valence-corrected chi connectivity index (χ3v) is 4.59. The fraction of sp³-hybridized carbons (Fsp3) is 0.105. The first-order chi connectivity index (χ1) is 12.2. The molecule has 0 unspecified atom stereocenters. The van der Waals surface area contributed by atoms with Crippen molar-refractivity contribution in [1.29, 1.82) is 0 Å². The molecule has 0 aliphatic rings. The summed E-state index contributed by atoms with van der Waals surface area (Å²) in [5, 5.41) is 12.2. The topological polar surface area (TPSA) is 66.5 Å². The normalized spacial score (nSPS) is 11.0. The minimum atomic E-state index is 0.707. The van der Waals surface area contributed by atoms with Gasteiger partial charge in [-0.2, -0.15) is 5.10 Å². The zero-order valence-electron chi connectivity index (χ0n) is 13.9. The van der Waals surface area contributed by atoms with Gasteiger partial charge in [-0.1, -0.05) is 29.8 Å². The molecule has 0 radical (unpaired) electrons. The van der Waals surface area contributed by atoms with Crippen LogP contribution in [0.1, 0.15) is 11.3 Å². The first-order valence-corrected chi connectivity index (χ1v) is 8.79. The summed E-state index contributed by atoms with van der Waals surface area (Å²) in [5.41, 5.74) is 3.12. The maximum Gasteiger partial charge on any atom is 0.195 e. The highest BCUT2D eigenvalue weighted by Crippen LogP contribution is 2.30. The van der Waals surface area contributed by atoms with E-state index in [1.165, 1.54) is 5.56 Å². The van der Waals surface area contributed by atoms with Gasteiger partial charge in [0.25, 0.3) is 0 Å². The Bertz CT molecular complexity index is 1040. The van der Waals surface area contributed by atoms with E-state index in [9.17, 15) is 0 Å². The van der Waals surface area contributed by atoms with Crippen LogP contribution in [0.3, 0.4) is 0 Å². The van der Waals surface area contributed by atoms with Gasteiger partial charge in [0, 0.05) is 22.0 Å². The minimum absolute atomic E-state index is 0.707.